The van der Waals surface area contributed by atoms with Gasteiger partial charge in [-0.1, -0.05) is 32.9 Å². The van der Waals surface area contributed by atoms with Crippen molar-refractivity contribution >= 4 is 22.5 Å². The van der Waals surface area contributed by atoms with E-state index in [1.165, 1.54) is 0 Å². The van der Waals surface area contributed by atoms with Gasteiger partial charge in [0, 0.05) is 31.5 Å². The van der Waals surface area contributed by atoms with E-state index >= 15 is 0 Å². The Hall–Kier alpha value is -3.29. The zero-order chi connectivity index (χ0) is 21.8. The smallest absolute Gasteiger partial charge is 0.262 e. The van der Waals surface area contributed by atoms with Crippen LogP contribution in [0.3, 0.4) is 0 Å². The van der Waals surface area contributed by atoms with Crippen LogP contribution in [0.1, 0.15) is 51.0 Å². The average Bonchev–Trinajstić information content (AvgIpc) is 3.19. The summed E-state index contributed by atoms with van der Waals surface area (Å²) in [6, 6.07) is 11.5. The third-order valence-corrected chi connectivity index (χ3v) is 6.16. The second-order valence-corrected chi connectivity index (χ2v) is 9.35. The standard InChI is InChI=1S/C23H27N7O/c1-23(2,3)18-9-10-19-25-26-20(30(19)27-18)15-11-13-29(14-12-15)22-24-17-8-6-5-7-16(17)21(31)28(22)4/h5-10,15H,11-14H2,1-4H3. The maximum atomic E-state index is 12.8. The minimum absolute atomic E-state index is 0.00918. The number of rotatable bonds is 2. The summed E-state index contributed by atoms with van der Waals surface area (Å²) in [5.74, 6) is 1.91. The molecule has 0 amide bonds. The fraction of sp³-hybridized carbons (Fsp3) is 0.435. The molecule has 8 heteroatoms. The summed E-state index contributed by atoms with van der Waals surface area (Å²) in [4.78, 5) is 19.7. The van der Waals surface area contributed by atoms with Crippen molar-refractivity contribution in [2.45, 2.75) is 44.9 Å². The number of aromatic nitrogens is 6. The van der Waals surface area contributed by atoms with E-state index < -0.39 is 0 Å². The number of hydrogen-bond acceptors (Lipinski definition) is 6. The molecule has 0 aliphatic carbocycles. The summed E-state index contributed by atoms with van der Waals surface area (Å²) in [7, 11) is 1.80. The van der Waals surface area contributed by atoms with Crippen LogP contribution < -0.4 is 10.5 Å². The Bertz CT molecular complexity index is 1320. The van der Waals surface area contributed by atoms with Crippen molar-refractivity contribution in [2.24, 2.45) is 7.05 Å². The van der Waals surface area contributed by atoms with Gasteiger partial charge in [0.05, 0.1) is 16.6 Å². The van der Waals surface area contributed by atoms with Crippen molar-refractivity contribution < 1.29 is 0 Å². The summed E-state index contributed by atoms with van der Waals surface area (Å²) in [5.41, 5.74) is 2.50. The molecule has 5 rings (SSSR count). The van der Waals surface area contributed by atoms with E-state index in [2.05, 4.69) is 35.9 Å². The zero-order valence-electron chi connectivity index (χ0n) is 18.4. The fourth-order valence-electron chi connectivity index (χ4n) is 4.29. The van der Waals surface area contributed by atoms with Gasteiger partial charge in [-0.2, -0.15) is 9.61 Å². The van der Waals surface area contributed by atoms with E-state index in [4.69, 9.17) is 10.1 Å². The zero-order valence-corrected chi connectivity index (χ0v) is 18.4. The lowest BCUT2D eigenvalue weighted by atomic mass is 9.92. The lowest BCUT2D eigenvalue weighted by Crippen LogP contribution is -2.38. The predicted octanol–water partition coefficient (Wildman–Crippen LogP) is 3.05. The van der Waals surface area contributed by atoms with E-state index in [9.17, 15) is 4.79 Å². The molecule has 0 bridgehead atoms. The van der Waals surface area contributed by atoms with Gasteiger partial charge < -0.3 is 4.90 Å². The molecule has 160 valence electrons. The number of piperidine rings is 1. The number of para-hydroxylation sites is 1. The summed E-state index contributed by atoms with van der Waals surface area (Å²) < 4.78 is 3.57. The minimum atomic E-state index is -0.0361. The molecule has 1 saturated heterocycles. The molecule has 0 spiro atoms. The summed E-state index contributed by atoms with van der Waals surface area (Å²) in [6.07, 6.45) is 1.82. The van der Waals surface area contributed by atoms with Crippen molar-refractivity contribution in [3.8, 4) is 0 Å². The van der Waals surface area contributed by atoms with Gasteiger partial charge in [0.2, 0.25) is 5.95 Å². The van der Waals surface area contributed by atoms with Crippen LogP contribution in [0, 0.1) is 0 Å². The molecule has 0 atom stereocenters. The average molecular weight is 418 g/mol. The summed E-state index contributed by atoms with van der Waals surface area (Å²) in [5, 5.41) is 14.3. The Kier molecular flexibility index (Phi) is 4.53. The second-order valence-electron chi connectivity index (χ2n) is 9.35. The van der Waals surface area contributed by atoms with Crippen LogP contribution in [0.4, 0.5) is 5.95 Å². The first-order chi connectivity index (χ1) is 14.8. The van der Waals surface area contributed by atoms with Gasteiger partial charge in [0.25, 0.3) is 5.56 Å². The molecule has 0 N–H and O–H groups in total. The van der Waals surface area contributed by atoms with Crippen LogP contribution in [-0.2, 0) is 12.5 Å². The van der Waals surface area contributed by atoms with Gasteiger partial charge in [-0.25, -0.2) is 4.98 Å². The van der Waals surface area contributed by atoms with Crippen molar-refractivity contribution in [2.75, 3.05) is 18.0 Å². The highest BCUT2D eigenvalue weighted by atomic mass is 16.1. The van der Waals surface area contributed by atoms with E-state index in [1.807, 2.05) is 40.9 Å². The quantitative estimate of drug-likeness (QED) is 0.499. The first-order valence-corrected chi connectivity index (χ1v) is 10.8. The molecule has 1 fully saturated rings. The van der Waals surface area contributed by atoms with Gasteiger partial charge in [-0.3, -0.25) is 9.36 Å². The lowest BCUT2D eigenvalue weighted by molar-refractivity contribution is 0.465. The number of hydrogen-bond donors (Lipinski definition) is 0. The molecule has 0 saturated carbocycles. The van der Waals surface area contributed by atoms with Crippen LogP contribution in [0.5, 0.6) is 0 Å². The molecule has 0 radical (unpaired) electrons. The van der Waals surface area contributed by atoms with Crippen molar-refractivity contribution in [3.05, 3.63) is 58.3 Å². The van der Waals surface area contributed by atoms with Crippen LogP contribution in [0.15, 0.2) is 41.2 Å². The molecule has 4 heterocycles. The van der Waals surface area contributed by atoms with E-state index in [-0.39, 0.29) is 16.9 Å². The Morgan fingerprint density at radius 2 is 1.74 bits per heavy atom. The molecule has 1 aromatic carbocycles. The molecule has 1 aliphatic heterocycles. The molecule has 3 aromatic heterocycles. The number of nitrogens with zero attached hydrogens (tertiary/aromatic N) is 7. The fourth-order valence-corrected chi connectivity index (χ4v) is 4.29. The number of anilines is 1. The van der Waals surface area contributed by atoms with Crippen molar-refractivity contribution in [3.63, 3.8) is 0 Å². The van der Waals surface area contributed by atoms with Gasteiger partial charge in [-0.05, 0) is 37.1 Å². The van der Waals surface area contributed by atoms with E-state index in [0.717, 1.165) is 54.6 Å². The molecular weight excluding hydrogens is 390 g/mol. The largest absolute Gasteiger partial charge is 0.342 e. The highest BCUT2D eigenvalue weighted by Crippen LogP contribution is 2.29. The second kappa shape index (κ2) is 7.14. The first kappa shape index (κ1) is 19.7. The third kappa shape index (κ3) is 3.36. The molecular formula is C23H27N7O. The summed E-state index contributed by atoms with van der Waals surface area (Å²) >= 11 is 0. The van der Waals surface area contributed by atoms with Gasteiger partial charge in [-0.15, -0.1) is 10.2 Å². The van der Waals surface area contributed by atoms with Gasteiger partial charge in [0.15, 0.2) is 11.5 Å². The van der Waals surface area contributed by atoms with Crippen molar-refractivity contribution in [1.82, 2.24) is 29.4 Å². The maximum absolute atomic E-state index is 12.8. The number of benzene rings is 1. The monoisotopic (exact) mass is 417 g/mol. The SMILES string of the molecule is Cn1c(N2CCC(c3nnc4ccc(C(C)(C)C)nn34)CC2)nc2ccccc2c1=O. The van der Waals surface area contributed by atoms with Crippen LogP contribution >= 0.6 is 0 Å². The minimum Gasteiger partial charge on any atom is -0.342 e. The molecule has 0 unspecified atom stereocenters. The predicted molar refractivity (Wildman–Crippen MR) is 121 cm³/mol. The maximum Gasteiger partial charge on any atom is 0.262 e. The topological polar surface area (TPSA) is 81.2 Å². The van der Waals surface area contributed by atoms with Crippen LogP contribution in [-0.4, -0.2) is 42.5 Å². The van der Waals surface area contributed by atoms with Crippen molar-refractivity contribution in [1.29, 1.82) is 0 Å². The van der Waals surface area contributed by atoms with Crippen LogP contribution in [0.25, 0.3) is 16.6 Å². The van der Waals surface area contributed by atoms with E-state index in [1.54, 1.807) is 11.6 Å². The third-order valence-electron chi connectivity index (χ3n) is 6.16. The Morgan fingerprint density at radius 1 is 1.00 bits per heavy atom. The molecule has 31 heavy (non-hydrogen) atoms. The highest BCUT2D eigenvalue weighted by Gasteiger charge is 2.28. The molecule has 8 nitrogen and oxygen atoms in total. The normalized spacial score (nSPS) is 15.8. The Morgan fingerprint density at radius 3 is 2.48 bits per heavy atom. The Balaban J connectivity index is 1.42. The highest BCUT2D eigenvalue weighted by molar-refractivity contribution is 5.78. The van der Waals surface area contributed by atoms with Crippen LogP contribution in [0.2, 0.25) is 0 Å². The molecule has 4 aromatic rings. The summed E-state index contributed by atoms with van der Waals surface area (Å²) in [6.45, 7) is 8.08. The first-order valence-electron chi connectivity index (χ1n) is 10.8. The molecule has 1 aliphatic rings. The Labute approximate surface area is 180 Å². The van der Waals surface area contributed by atoms with Gasteiger partial charge in [0.1, 0.15) is 0 Å². The van der Waals surface area contributed by atoms with E-state index in [0.29, 0.717) is 5.39 Å². The lowest BCUT2D eigenvalue weighted by Gasteiger charge is -2.32. The number of fused-ring (bicyclic) bond motifs is 2. The van der Waals surface area contributed by atoms with Gasteiger partial charge >= 0.3 is 0 Å².